The molecule has 0 aromatic heterocycles. The average molecular weight is 1870 g/mol. The fourth-order valence-electron chi connectivity index (χ4n) is 16.7. The number of aliphatic hydroxyl groups is 25. The van der Waals surface area contributed by atoms with Crippen LogP contribution in [-0.4, -0.2) is 529 Å². The number of hydrogen-bond acceptors (Lipinski definition) is 50. The van der Waals surface area contributed by atoms with Gasteiger partial charge >= 0.3 is 0 Å². The zero-order valence-corrected chi connectivity index (χ0v) is 69.6. The number of rotatable bonds is 33. The monoisotopic (exact) mass is 1870 g/mol. The molecule has 10 rings (SSSR count). The van der Waals surface area contributed by atoms with E-state index in [1.54, 1.807) is 0 Å². The SMILES string of the molecule is CC(=O)N[C@@H]1[C@@H](O[C@@H]2O[C@@H](C)[C@@H](O)[C@@H](O)[C@@H]2O)[C@H](O[C@@H]2O[C@H](CO)[C@@H](O[C@@H]3O[C@H](CO[C@H]4O[C@H](CO)[C@@H](O[C@@H]5O[C@H](CO)[C@@H](O)[C@H](O)[C@H]5NC(C)=O)[C@H](O)[C@@H]4O[C@@H]4O[C@H](CO)[C@@H](O)[C@H](O)[C@H]4NC(C)=O)[C@@H](O)[C@H](O[C@H]4O[C@H](CO)[C@@H](O[C@@H]5O[C@H](CO)[C@@H](O)[C@H](O)[C@H]5NC(C)=O)[C@H](O)[C@@H]4O[C@@H]4O[C@H](CO)[C@@H](O)[C@H](O)[C@H]4NC(C)=O)[C@@H]3O)[C@H](O)[C@H]2NC(C)=O)[C@@H](CO)O[C@H]1O. The van der Waals surface area contributed by atoms with Crippen molar-refractivity contribution >= 4 is 35.4 Å². The van der Waals surface area contributed by atoms with Crippen molar-refractivity contribution in [1.29, 1.82) is 0 Å². The highest BCUT2D eigenvalue weighted by Crippen LogP contribution is 2.42. The van der Waals surface area contributed by atoms with Gasteiger partial charge in [-0.3, -0.25) is 28.8 Å². The van der Waals surface area contributed by atoms with Crippen LogP contribution in [-0.2, 0) is 119 Å². The molecule has 128 heavy (non-hydrogen) atoms. The van der Waals surface area contributed by atoms with E-state index >= 15 is 0 Å². The van der Waals surface area contributed by atoms with E-state index in [9.17, 15) is 156 Å². The first-order chi connectivity index (χ1) is 60.5. The molecule has 10 aliphatic rings. The summed E-state index contributed by atoms with van der Waals surface area (Å²) < 4.78 is 116. The molecule has 56 heteroatoms. The smallest absolute Gasteiger partial charge is 0.217 e. The van der Waals surface area contributed by atoms with Crippen LogP contribution in [0.3, 0.4) is 0 Å². The van der Waals surface area contributed by atoms with Gasteiger partial charge in [0.2, 0.25) is 35.4 Å². The van der Waals surface area contributed by atoms with Gasteiger partial charge in [0, 0.05) is 41.5 Å². The van der Waals surface area contributed by atoms with Crippen molar-refractivity contribution in [3.63, 3.8) is 0 Å². The third-order valence-electron chi connectivity index (χ3n) is 23.2. The lowest BCUT2D eigenvalue weighted by molar-refractivity contribution is -0.404. The third kappa shape index (κ3) is 23.6. The molecule has 0 aromatic carbocycles. The Morgan fingerprint density at radius 3 is 0.852 bits per heavy atom. The zero-order valence-electron chi connectivity index (χ0n) is 69.6. The molecule has 6 amide bonds. The molecule has 0 unspecified atom stereocenters. The maximum atomic E-state index is 13.4. The second kappa shape index (κ2) is 46.1. The summed E-state index contributed by atoms with van der Waals surface area (Å²) in [6.45, 7) is -3.60. The summed E-state index contributed by atoms with van der Waals surface area (Å²) in [5, 5.41) is 298. The Hall–Kier alpha value is -4.94. The number of carbonyl (C=O) groups is 6. The number of hydrogen-bond donors (Lipinski definition) is 31. The number of amides is 6. The lowest BCUT2D eigenvalue weighted by Gasteiger charge is -2.52. The van der Waals surface area contributed by atoms with Gasteiger partial charge in [-0.25, -0.2) is 0 Å². The van der Waals surface area contributed by atoms with Gasteiger partial charge in [0.25, 0.3) is 0 Å². The summed E-state index contributed by atoms with van der Waals surface area (Å²) in [4.78, 5) is 77.3. The van der Waals surface area contributed by atoms with Crippen LogP contribution in [0.5, 0.6) is 0 Å². The largest absolute Gasteiger partial charge is 0.394 e. The molecule has 0 bridgehead atoms. The van der Waals surface area contributed by atoms with Gasteiger partial charge in [-0.2, -0.15) is 0 Å². The first-order valence-corrected chi connectivity index (χ1v) is 41.0. The number of carbonyl (C=O) groups excluding carboxylic acids is 6. The van der Waals surface area contributed by atoms with Gasteiger partial charge in [-0.15, -0.1) is 0 Å². The highest BCUT2D eigenvalue weighted by atomic mass is 16.8. The summed E-state index contributed by atoms with van der Waals surface area (Å²) in [7, 11) is 0. The lowest BCUT2D eigenvalue weighted by atomic mass is 9.93. The first-order valence-electron chi connectivity index (χ1n) is 41.0. The van der Waals surface area contributed by atoms with Crippen LogP contribution in [0.4, 0.5) is 0 Å². The number of aliphatic hydroxyl groups excluding tert-OH is 25. The number of nitrogens with one attached hydrogen (secondary N) is 6. The minimum absolute atomic E-state index is 0.874. The van der Waals surface area contributed by atoms with Crippen molar-refractivity contribution in [2.75, 3.05) is 59.5 Å². The molecule has 0 spiro atoms. The second-order valence-corrected chi connectivity index (χ2v) is 32.4. The Morgan fingerprint density at radius 1 is 0.219 bits per heavy atom. The molecule has 738 valence electrons. The van der Waals surface area contributed by atoms with Gasteiger partial charge in [0.1, 0.15) is 238 Å². The van der Waals surface area contributed by atoms with E-state index in [0.717, 1.165) is 41.5 Å². The van der Waals surface area contributed by atoms with Crippen LogP contribution in [0.25, 0.3) is 0 Å². The molecule has 10 fully saturated rings. The fraction of sp³-hybridized carbons (Fsp3) is 0.917. The minimum atomic E-state index is -2.71. The van der Waals surface area contributed by atoms with Crippen molar-refractivity contribution in [2.24, 2.45) is 0 Å². The molecule has 0 aliphatic carbocycles. The van der Waals surface area contributed by atoms with E-state index < -0.39 is 402 Å². The summed E-state index contributed by atoms with van der Waals surface area (Å²) >= 11 is 0. The number of ether oxygens (including phenoxy) is 19. The van der Waals surface area contributed by atoms with Crippen molar-refractivity contribution in [2.45, 2.75) is 355 Å². The van der Waals surface area contributed by atoms with Crippen molar-refractivity contribution in [1.82, 2.24) is 31.9 Å². The summed E-state index contributed by atoms with van der Waals surface area (Å²) in [5.41, 5.74) is 0. The standard InChI is InChI=1S/C72H120N6O50/c1-17-39(93)50(104)51(105)69(111-17)125-59-38(78-23(7)92)63(109)112-31(15-86)58(59)124-68-37(77-22(6)91)49(103)55(28(12-83)117-68)123-70-54(108)60(126-72-62(128-67-36(76-21(5)90)48(102)43(97)27(11-82)116-67)53(107)57(30(14-85)119-72)122-65-34(74-19(3)88)46(100)41(95)25(9-80)114-65)44(98)32(120-70)16-110-71-61(127-66-35(75-20(4)89)47(101)42(96)26(10-81)115-66)52(106)56(29(13-84)118-71)121-64-33(73-18(2)87)45(99)40(94)24(8-79)113-64/h17,24-72,79-86,93-109H,8-16H2,1-7H3,(H,73,87)(H,74,88)(H,75,89)(H,76,90)(H,77,91)(H,78,92)/t17-,24+,25+,26+,27+,28+,29+,30+,31+,32+,33+,34+,35+,36+,37+,38+,39+,40+,41+,42+,43+,44+,45+,46+,47+,48+,49+,50+,51-,52-,53-,54-,55+,56+,57+,58+,59+,60-,61-,62-,63+,64-,65-,66-,67-,68-,69-,70-,71-,72+/m0/s1. The normalized spacial score (nSPS) is 47.8. The van der Waals surface area contributed by atoms with Crippen LogP contribution >= 0.6 is 0 Å². The Labute approximate surface area is 726 Å². The quantitative estimate of drug-likeness (QED) is 0.0290. The van der Waals surface area contributed by atoms with E-state index in [2.05, 4.69) is 31.9 Å². The maximum absolute atomic E-state index is 13.4. The summed E-state index contributed by atoms with van der Waals surface area (Å²) in [5.74, 6) is -5.55. The van der Waals surface area contributed by atoms with Crippen LogP contribution < -0.4 is 31.9 Å². The van der Waals surface area contributed by atoms with Crippen molar-refractivity contribution < 1.29 is 246 Å². The molecule has 56 nitrogen and oxygen atoms in total. The maximum Gasteiger partial charge on any atom is 0.217 e. The van der Waals surface area contributed by atoms with Crippen LogP contribution in [0.1, 0.15) is 48.5 Å². The van der Waals surface area contributed by atoms with E-state index in [-0.39, 0.29) is 0 Å². The van der Waals surface area contributed by atoms with Crippen molar-refractivity contribution in [3.05, 3.63) is 0 Å². The Morgan fingerprint density at radius 2 is 0.484 bits per heavy atom. The molecule has 10 aliphatic heterocycles. The van der Waals surface area contributed by atoms with E-state index in [0.29, 0.717) is 0 Å². The lowest BCUT2D eigenvalue weighted by Crippen LogP contribution is -2.71. The minimum Gasteiger partial charge on any atom is -0.394 e. The Kier molecular flexibility index (Phi) is 37.8. The van der Waals surface area contributed by atoms with Gasteiger partial charge in [0.15, 0.2) is 62.9 Å². The molecule has 50 atom stereocenters. The Balaban J connectivity index is 1.07. The molecular weight excluding hydrogens is 1750 g/mol. The summed E-state index contributed by atoms with van der Waals surface area (Å²) in [6.07, 6.45) is -93.5. The first kappa shape index (κ1) is 105. The topological polar surface area (TPSA) is 856 Å². The predicted octanol–water partition coefficient (Wildman–Crippen LogP) is -20.9. The van der Waals surface area contributed by atoms with Crippen LogP contribution in [0.15, 0.2) is 0 Å². The van der Waals surface area contributed by atoms with Gasteiger partial charge in [-0.1, -0.05) is 0 Å². The van der Waals surface area contributed by atoms with Gasteiger partial charge < -0.3 is 250 Å². The molecule has 10 heterocycles. The third-order valence-corrected chi connectivity index (χ3v) is 23.2. The highest BCUT2D eigenvalue weighted by Gasteiger charge is 2.63. The van der Waals surface area contributed by atoms with E-state index in [4.69, 9.17) is 90.0 Å². The molecule has 10 saturated heterocycles. The van der Waals surface area contributed by atoms with E-state index in [1.165, 1.54) is 6.92 Å². The molecule has 31 N–H and O–H groups in total. The van der Waals surface area contributed by atoms with Crippen LogP contribution in [0.2, 0.25) is 0 Å². The Bertz CT molecular complexity index is 3550. The molecule has 0 radical (unpaired) electrons. The zero-order chi connectivity index (χ0) is 94.4. The average Bonchev–Trinajstić information content (AvgIpc) is 0.790. The fourth-order valence-corrected chi connectivity index (χ4v) is 16.7. The van der Waals surface area contributed by atoms with Gasteiger partial charge in [0.05, 0.1) is 65.6 Å². The molecule has 0 saturated carbocycles. The van der Waals surface area contributed by atoms with Crippen molar-refractivity contribution in [3.8, 4) is 0 Å². The second-order valence-electron chi connectivity index (χ2n) is 32.4. The van der Waals surface area contributed by atoms with E-state index in [1.807, 2.05) is 0 Å². The molecule has 0 aromatic rings. The highest BCUT2D eigenvalue weighted by molar-refractivity contribution is 5.75. The molecular formula is C72H120N6O50. The summed E-state index contributed by atoms with van der Waals surface area (Å²) in [6, 6.07) is -11.3. The van der Waals surface area contributed by atoms with Crippen LogP contribution in [0, 0.1) is 0 Å². The predicted molar refractivity (Wildman–Crippen MR) is 398 cm³/mol. The van der Waals surface area contributed by atoms with Gasteiger partial charge in [-0.05, 0) is 6.92 Å².